The number of hydrogen-bond acceptors (Lipinski definition) is 2. The molecule has 2 rings (SSSR count). The summed E-state index contributed by atoms with van der Waals surface area (Å²) >= 11 is 0. The van der Waals surface area contributed by atoms with Gasteiger partial charge in [-0.2, -0.15) is 0 Å². The molecule has 1 atom stereocenters. The molecule has 0 aliphatic heterocycles. The molecule has 0 spiro atoms. The van der Waals surface area contributed by atoms with Crippen LogP contribution >= 0.6 is 0 Å². The smallest absolute Gasteiger partial charge is 0.123 e. The summed E-state index contributed by atoms with van der Waals surface area (Å²) in [5.74, 6) is 0.585. The molecular weight excluding hydrogens is 253 g/mol. The van der Waals surface area contributed by atoms with Crippen LogP contribution in [0.5, 0.6) is 0 Å². The normalized spacial score (nSPS) is 28.3. The highest BCUT2D eigenvalue weighted by Gasteiger charge is 2.41. The van der Waals surface area contributed by atoms with Crippen LogP contribution in [-0.4, -0.2) is 19.3 Å². The first-order valence-electron chi connectivity index (χ1n) is 7.65. The molecule has 0 aromatic heterocycles. The van der Waals surface area contributed by atoms with E-state index in [1.807, 2.05) is 19.2 Å². The zero-order chi connectivity index (χ0) is 14.6. The van der Waals surface area contributed by atoms with Gasteiger partial charge >= 0.3 is 0 Å². The summed E-state index contributed by atoms with van der Waals surface area (Å²) in [5, 5.41) is 3.55. The van der Waals surface area contributed by atoms with Crippen molar-refractivity contribution < 1.29 is 9.13 Å². The standard InChI is InChI=1S/C17H26FNO/c1-4-19-16(14-5-7-15(18)8-6-14)17(20-3)11-9-13(2)10-12-17/h5-8,13,16,19H,4,9-12H2,1-3H3. The Hall–Kier alpha value is -0.930. The first kappa shape index (κ1) is 15.5. The zero-order valence-electron chi connectivity index (χ0n) is 12.8. The van der Waals surface area contributed by atoms with E-state index >= 15 is 0 Å². The molecule has 0 amide bonds. The van der Waals surface area contributed by atoms with Crippen molar-refractivity contribution in [3.8, 4) is 0 Å². The number of halogens is 1. The maximum Gasteiger partial charge on any atom is 0.123 e. The van der Waals surface area contributed by atoms with Gasteiger partial charge in [-0.3, -0.25) is 0 Å². The van der Waals surface area contributed by atoms with Crippen LogP contribution in [0.1, 0.15) is 51.1 Å². The monoisotopic (exact) mass is 279 g/mol. The van der Waals surface area contributed by atoms with E-state index in [0.717, 1.165) is 30.9 Å². The summed E-state index contributed by atoms with van der Waals surface area (Å²) in [6, 6.07) is 6.96. The summed E-state index contributed by atoms with van der Waals surface area (Å²) in [6.07, 6.45) is 4.49. The molecule has 3 heteroatoms. The molecule has 1 aliphatic carbocycles. The van der Waals surface area contributed by atoms with Gasteiger partial charge in [-0.1, -0.05) is 26.0 Å². The molecule has 112 valence electrons. The summed E-state index contributed by atoms with van der Waals surface area (Å²) in [4.78, 5) is 0. The number of benzene rings is 1. The predicted octanol–water partition coefficient (Wildman–Crippen LogP) is 4.07. The fourth-order valence-corrected chi connectivity index (χ4v) is 3.33. The maximum atomic E-state index is 13.2. The Morgan fingerprint density at radius 3 is 2.40 bits per heavy atom. The molecule has 20 heavy (non-hydrogen) atoms. The summed E-state index contributed by atoms with van der Waals surface area (Å²) in [6.45, 7) is 5.29. The molecule has 1 unspecified atom stereocenters. The molecule has 0 heterocycles. The summed E-state index contributed by atoms with van der Waals surface area (Å²) < 4.78 is 19.1. The number of rotatable bonds is 5. The van der Waals surface area contributed by atoms with E-state index < -0.39 is 0 Å². The molecule has 0 saturated heterocycles. The first-order valence-corrected chi connectivity index (χ1v) is 7.65. The van der Waals surface area contributed by atoms with Gasteiger partial charge in [-0.25, -0.2) is 4.39 Å². The Morgan fingerprint density at radius 2 is 1.90 bits per heavy atom. The highest BCUT2D eigenvalue weighted by molar-refractivity contribution is 5.23. The highest BCUT2D eigenvalue weighted by atomic mass is 19.1. The van der Waals surface area contributed by atoms with Crippen LogP contribution in [0.3, 0.4) is 0 Å². The average Bonchev–Trinajstić information content (AvgIpc) is 2.47. The summed E-state index contributed by atoms with van der Waals surface area (Å²) in [7, 11) is 1.81. The Balaban J connectivity index is 2.27. The summed E-state index contributed by atoms with van der Waals surface area (Å²) in [5.41, 5.74) is 0.949. The minimum Gasteiger partial charge on any atom is -0.376 e. The topological polar surface area (TPSA) is 21.3 Å². The second-order valence-corrected chi connectivity index (χ2v) is 5.99. The largest absolute Gasteiger partial charge is 0.376 e. The molecule has 2 nitrogen and oxygen atoms in total. The van der Waals surface area contributed by atoms with Gasteiger partial charge in [0.25, 0.3) is 0 Å². The van der Waals surface area contributed by atoms with Gasteiger partial charge in [-0.15, -0.1) is 0 Å². The van der Waals surface area contributed by atoms with Crippen molar-refractivity contribution in [3.63, 3.8) is 0 Å². The van der Waals surface area contributed by atoms with Crippen molar-refractivity contribution in [1.82, 2.24) is 5.32 Å². The molecule has 0 bridgehead atoms. The Labute approximate surface area is 121 Å². The van der Waals surface area contributed by atoms with E-state index in [9.17, 15) is 4.39 Å². The molecule has 1 aromatic rings. The highest BCUT2D eigenvalue weighted by Crippen LogP contribution is 2.42. The first-order chi connectivity index (χ1) is 9.61. The van der Waals surface area contributed by atoms with Crippen LogP contribution < -0.4 is 5.32 Å². The number of nitrogens with one attached hydrogen (secondary N) is 1. The van der Waals surface area contributed by atoms with Crippen molar-refractivity contribution in [2.24, 2.45) is 5.92 Å². The van der Waals surface area contributed by atoms with Crippen molar-refractivity contribution in [2.45, 2.75) is 51.2 Å². The van der Waals surface area contributed by atoms with Crippen LogP contribution in [0.4, 0.5) is 4.39 Å². The third-order valence-electron chi connectivity index (χ3n) is 4.66. The molecule has 1 N–H and O–H groups in total. The van der Waals surface area contributed by atoms with Crippen LogP contribution in [0.15, 0.2) is 24.3 Å². The van der Waals surface area contributed by atoms with Crippen LogP contribution in [0, 0.1) is 11.7 Å². The maximum absolute atomic E-state index is 13.2. The lowest BCUT2D eigenvalue weighted by molar-refractivity contribution is -0.0757. The quantitative estimate of drug-likeness (QED) is 0.877. The van der Waals surface area contributed by atoms with Crippen molar-refractivity contribution >= 4 is 0 Å². The minimum absolute atomic E-state index is 0.130. The van der Waals surface area contributed by atoms with Gasteiger partial charge in [0.1, 0.15) is 5.82 Å². The van der Waals surface area contributed by atoms with Gasteiger partial charge in [-0.05, 0) is 55.8 Å². The second-order valence-electron chi connectivity index (χ2n) is 5.99. The molecule has 1 saturated carbocycles. The van der Waals surface area contributed by atoms with E-state index in [1.165, 1.54) is 25.0 Å². The van der Waals surface area contributed by atoms with Gasteiger partial charge < -0.3 is 10.1 Å². The van der Waals surface area contributed by atoms with Crippen molar-refractivity contribution in [2.75, 3.05) is 13.7 Å². The number of methoxy groups -OCH3 is 1. The SMILES string of the molecule is CCNC(c1ccc(F)cc1)C1(OC)CCC(C)CC1. The fraction of sp³-hybridized carbons (Fsp3) is 0.647. The molecular formula is C17H26FNO. The second kappa shape index (κ2) is 6.68. The Bertz CT molecular complexity index is 410. The van der Waals surface area contributed by atoms with Gasteiger partial charge in [0.15, 0.2) is 0 Å². The van der Waals surface area contributed by atoms with E-state index in [0.29, 0.717) is 0 Å². The number of ether oxygens (including phenoxy) is 1. The lowest BCUT2D eigenvalue weighted by Gasteiger charge is -2.44. The lowest BCUT2D eigenvalue weighted by atomic mass is 9.73. The van der Waals surface area contributed by atoms with Crippen molar-refractivity contribution in [3.05, 3.63) is 35.6 Å². The van der Waals surface area contributed by atoms with E-state index in [1.54, 1.807) is 0 Å². The minimum atomic E-state index is -0.187. The molecule has 1 aliphatic rings. The van der Waals surface area contributed by atoms with E-state index in [-0.39, 0.29) is 17.5 Å². The predicted molar refractivity (Wildman–Crippen MR) is 80.2 cm³/mol. The third-order valence-corrected chi connectivity index (χ3v) is 4.66. The Morgan fingerprint density at radius 1 is 1.30 bits per heavy atom. The number of hydrogen-bond donors (Lipinski definition) is 1. The lowest BCUT2D eigenvalue weighted by Crippen LogP contribution is -2.47. The molecule has 1 aromatic carbocycles. The van der Waals surface area contributed by atoms with E-state index in [2.05, 4.69) is 19.2 Å². The third kappa shape index (κ3) is 3.21. The van der Waals surface area contributed by atoms with E-state index in [4.69, 9.17) is 4.74 Å². The van der Waals surface area contributed by atoms with Crippen molar-refractivity contribution in [1.29, 1.82) is 0 Å². The molecule has 0 radical (unpaired) electrons. The van der Waals surface area contributed by atoms with Gasteiger partial charge in [0.2, 0.25) is 0 Å². The van der Waals surface area contributed by atoms with Crippen LogP contribution in [-0.2, 0) is 4.74 Å². The number of likely N-dealkylation sites (N-methyl/N-ethyl adjacent to an activating group) is 1. The van der Waals surface area contributed by atoms with Gasteiger partial charge in [0.05, 0.1) is 11.6 Å². The fourth-order valence-electron chi connectivity index (χ4n) is 3.33. The Kier molecular flexibility index (Phi) is 5.17. The zero-order valence-corrected chi connectivity index (χ0v) is 12.8. The van der Waals surface area contributed by atoms with Gasteiger partial charge in [0, 0.05) is 7.11 Å². The van der Waals surface area contributed by atoms with Crippen LogP contribution in [0.25, 0.3) is 0 Å². The molecule has 1 fully saturated rings. The average molecular weight is 279 g/mol. The van der Waals surface area contributed by atoms with Crippen LogP contribution in [0.2, 0.25) is 0 Å².